The number of rotatable bonds is 5. The Morgan fingerprint density at radius 3 is 2.30 bits per heavy atom. The van der Waals surface area contributed by atoms with Crippen LogP contribution in [0.3, 0.4) is 0 Å². The van der Waals surface area contributed by atoms with Gasteiger partial charge in [0.1, 0.15) is 5.75 Å². The van der Waals surface area contributed by atoms with Gasteiger partial charge < -0.3 is 10.1 Å². The zero-order chi connectivity index (χ0) is 22.1. The second-order valence-electron chi connectivity index (χ2n) is 9.45. The van der Waals surface area contributed by atoms with E-state index >= 15 is 0 Å². The molecule has 0 radical (unpaired) electrons. The van der Waals surface area contributed by atoms with E-state index in [-0.39, 0.29) is 29.2 Å². The summed E-state index contributed by atoms with van der Waals surface area (Å²) in [5.74, 6) is 0.576. The number of carbonyl (C=O) groups excluding carboxylic acids is 2. The van der Waals surface area contributed by atoms with Crippen molar-refractivity contribution in [2.24, 2.45) is 4.99 Å². The fourth-order valence-electron chi connectivity index (χ4n) is 3.65. The molecule has 2 aromatic carbocycles. The number of amides is 1. The van der Waals surface area contributed by atoms with Crippen LogP contribution in [-0.2, 0) is 6.42 Å². The van der Waals surface area contributed by atoms with Crippen LogP contribution in [-0.4, -0.2) is 35.6 Å². The molecule has 0 saturated carbocycles. The molecule has 1 aliphatic heterocycles. The third kappa shape index (κ3) is 5.15. The molecule has 0 fully saturated rings. The van der Waals surface area contributed by atoms with Crippen molar-refractivity contribution in [2.75, 3.05) is 7.11 Å². The van der Waals surface area contributed by atoms with Crippen LogP contribution in [0.4, 0.5) is 0 Å². The summed E-state index contributed by atoms with van der Waals surface area (Å²) in [5, 5.41) is 2.93. The van der Waals surface area contributed by atoms with Crippen LogP contribution in [0.2, 0.25) is 0 Å². The van der Waals surface area contributed by atoms with Crippen molar-refractivity contribution in [3.05, 3.63) is 64.7 Å². The first kappa shape index (κ1) is 21.8. The van der Waals surface area contributed by atoms with Crippen molar-refractivity contribution >= 4 is 17.4 Å². The molecule has 0 bridgehead atoms. The zero-order valence-corrected chi connectivity index (χ0v) is 18.6. The molecule has 5 nitrogen and oxygen atoms in total. The number of ether oxygens (including phenoxy) is 1. The van der Waals surface area contributed by atoms with Crippen LogP contribution in [0.1, 0.15) is 72.9 Å². The molecule has 30 heavy (non-hydrogen) atoms. The average molecular weight is 407 g/mol. The van der Waals surface area contributed by atoms with E-state index in [0.29, 0.717) is 11.1 Å². The number of aliphatic imine (C=N–C) groups is 1. The molecule has 1 N–H and O–H groups in total. The van der Waals surface area contributed by atoms with Crippen LogP contribution >= 0.6 is 0 Å². The summed E-state index contributed by atoms with van der Waals surface area (Å²) >= 11 is 0. The maximum atomic E-state index is 13.0. The summed E-state index contributed by atoms with van der Waals surface area (Å²) in [6.45, 7) is 9.95. The molecule has 0 aromatic heterocycles. The second kappa shape index (κ2) is 8.05. The number of hydrogen-bond donors (Lipinski definition) is 1. The van der Waals surface area contributed by atoms with Gasteiger partial charge >= 0.3 is 0 Å². The van der Waals surface area contributed by atoms with E-state index in [2.05, 4.69) is 25.2 Å². The molecular weight excluding hydrogens is 376 g/mol. The van der Waals surface area contributed by atoms with Crippen molar-refractivity contribution in [1.82, 2.24) is 5.32 Å². The van der Waals surface area contributed by atoms with Crippen LogP contribution in [0, 0.1) is 0 Å². The van der Waals surface area contributed by atoms with Crippen molar-refractivity contribution in [2.45, 2.75) is 58.5 Å². The molecule has 0 spiro atoms. The van der Waals surface area contributed by atoms with E-state index in [1.54, 1.807) is 31.4 Å². The molecule has 5 heteroatoms. The second-order valence-corrected chi connectivity index (χ2v) is 9.45. The Kier molecular flexibility index (Phi) is 5.84. The van der Waals surface area contributed by atoms with Crippen molar-refractivity contribution in [3.8, 4) is 5.75 Å². The van der Waals surface area contributed by atoms with Gasteiger partial charge in [0.2, 0.25) is 0 Å². The Balaban J connectivity index is 1.82. The maximum Gasteiger partial charge on any atom is 0.251 e. The summed E-state index contributed by atoms with van der Waals surface area (Å²) in [6.07, 6.45) is 1.03. The smallest absolute Gasteiger partial charge is 0.251 e. The quantitative estimate of drug-likeness (QED) is 0.737. The zero-order valence-electron chi connectivity index (χ0n) is 18.6. The highest BCUT2D eigenvalue weighted by molar-refractivity contribution is 6.17. The highest BCUT2D eigenvalue weighted by atomic mass is 16.5. The number of nitrogens with zero attached hydrogens (tertiary/aromatic N) is 1. The van der Waals surface area contributed by atoms with E-state index in [4.69, 9.17) is 9.73 Å². The minimum absolute atomic E-state index is 0.0250. The van der Waals surface area contributed by atoms with E-state index in [1.807, 2.05) is 32.9 Å². The Bertz CT molecular complexity index is 996. The number of Topliss-reactive ketones (excluding diaryl/α,β-unsaturated/α-hetero) is 1. The minimum atomic E-state index is -0.314. The van der Waals surface area contributed by atoms with E-state index < -0.39 is 0 Å². The van der Waals surface area contributed by atoms with Crippen LogP contribution in [0.15, 0.2) is 47.5 Å². The lowest BCUT2D eigenvalue weighted by Gasteiger charge is -2.29. The molecule has 0 atom stereocenters. The van der Waals surface area contributed by atoms with E-state index in [9.17, 15) is 9.59 Å². The summed E-state index contributed by atoms with van der Waals surface area (Å²) in [7, 11) is 1.63. The molecule has 158 valence electrons. The summed E-state index contributed by atoms with van der Waals surface area (Å²) in [4.78, 5) is 30.1. The molecule has 0 aliphatic carbocycles. The Labute approximate surface area is 178 Å². The van der Waals surface area contributed by atoms with Gasteiger partial charge in [0.15, 0.2) is 5.78 Å². The van der Waals surface area contributed by atoms with Crippen molar-refractivity contribution < 1.29 is 14.3 Å². The molecule has 2 aromatic rings. The number of methoxy groups -OCH3 is 1. The van der Waals surface area contributed by atoms with Gasteiger partial charge in [0.25, 0.3) is 5.91 Å². The molecule has 0 saturated heterocycles. The summed E-state index contributed by atoms with van der Waals surface area (Å²) in [5.41, 5.74) is 3.46. The number of fused-ring (bicyclic) bond motifs is 1. The fraction of sp³-hybridized carbons (Fsp3) is 0.400. The Morgan fingerprint density at radius 2 is 1.70 bits per heavy atom. The Morgan fingerprint density at radius 1 is 1.07 bits per heavy atom. The third-order valence-corrected chi connectivity index (χ3v) is 4.97. The molecule has 1 amide bonds. The van der Waals surface area contributed by atoms with Gasteiger partial charge in [0.05, 0.1) is 24.8 Å². The molecule has 3 rings (SSSR count). The number of ketones is 1. The lowest BCUT2D eigenvalue weighted by atomic mass is 9.85. The SMILES string of the molecule is COc1ccc2c(c1)C(CC(=O)c1ccc(C(=O)NC(C)(C)C)cc1)=NC(C)(C)C2. The molecule has 1 aliphatic rings. The van der Waals surface area contributed by atoms with Crippen molar-refractivity contribution in [1.29, 1.82) is 0 Å². The summed E-state index contributed by atoms with van der Waals surface area (Å²) in [6, 6.07) is 12.8. The number of benzene rings is 2. The van der Waals surface area contributed by atoms with Gasteiger partial charge in [-0.1, -0.05) is 18.2 Å². The summed E-state index contributed by atoms with van der Waals surface area (Å²) < 4.78 is 5.36. The topological polar surface area (TPSA) is 67.8 Å². The third-order valence-electron chi connectivity index (χ3n) is 4.97. The standard InChI is InChI=1S/C25H30N2O3/c1-24(2,3)27-23(29)17-9-7-16(8-10-17)22(28)14-21-20-13-19(30-6)12-11-18(20)15-25(4,5)26-21/h7-13H,14-15H2,1-6H3,(H,27,29). The lowest BCUT2D eigenvalue weighted by molar-refractivity contribution is 0.0917. The van der Waals surface area contributed by atoms with Crippen LogP contribution in [0.5, 0.6) is 5.75 Å². The van der Waals surface area contributed by atoms with Gasteiger partial charge in [-0.05, 0) is 70.9 Å². The normalized spacial score (nSPS) is 15.1. The van der Waals surface area contributed by atoms with E-state index in [1.165, 1.54) is 5.56 Å². The van der Waals surface area contributed by atoms with Gasteiger partial charge in [-0.25, -0.2) is 0 Å². The highest BCUT2D eigenvalue weighted by Crippen LogP contribution is 2.31. The van der Waals surface area contributed by atoms with Crippen molar-refractivity contribution in [3.63, 3.8) is 0 Å². The Hall–Kier alpha value is -2.95. The number of nitrogens with one attached hydrogen (secondary N) is 1. The molecule has 1 heterocycles. The first-order valence-electron chi connectivity index (χ1n) is 10.2. The monoisotopic (exact) mass is 406 g/mol. The predicted molar refractivity (Wildman–Crippen MR) is 120 cm³/mol. The average Bonchev–Trinajstić information content (AvgIpc) is 2.65. The van der Waals surface area contributed by atoms with Gasteiger partial charge in [-0.3, -0.25) is 14.6 Å². The number of hydrogen-bond acceptors (Lipinski definition) is 4. The maximum absolute atomic E-state index is 13.0. The molecular formula is C25H30N2O3. The minimum Gasteiger partial charge on any atom is -0.497 e. The van der Waals surface area contributed by atoms with Crippen LogP contribution < -0.4 is 10.1 Å². The van der Waals surface area contributed by atoms with Gasteiger partial charge in [-0.2, -0.15) is 0 Å². The largest absolute Gasteiger partial charge is 0.497 e. The van der Waals surface area contributed by atoms with E-state index in [0.717, 1.165) is 23.4 Å². The van der Waals surface area contributed by atoms with Gasteiger partial charge in [0, 0.05) is 22.2 Å². The first-order chi connectivity index (χ1) is 14.0. The predicted octanol–water partition coefficient (Wildman–Crippen LogP) is 4.62. The van der Waals surface area contributed by atoms with Crippen LogP contribution in [0.25, 0.3) is 0 Å². The lowest BCUT2D eigenvalue weighted by Crippen LogP contribution is -2.40. The van der Waals surface area contributed by atoms with Gasteiger partial charge in [-0.15, -0.1) is 0 Å². The highest BCUT2D eigenvalue weighted by Gasteiger charge is 2.28. The number of carbonyl (C=O) groups is 2. The fourth-order valence-corrected chi connectivity index (χ4v) is 3.65. The molecule has 0 unspecified atom stereocenters. The first-order valence-corrected chi connectivity index (χ1v) is 10.2.